The van der Waals surface area contributed by atoms with Crippen molar-refractivity contribution in [3.63, 3.8) is 0 Å². The smallest absolute Gasteiger partial charge is 0.327 e. The van der Waals surface area contributed by atoms with Crippen LogP contribution in [0, 0.1) is 0 Å². The molecule has 0 aliphatic rings. The molecule has 0 atom stereocenters. The topological polar surface area (TPSA) is 91.3 Å². The number of aryl methyl sites for hydroxylation is 2. The lowest BCUT2D eigenvalue weighted by atomic mass is 10.2. The third-order valence-electron chi connectivity index (χ3n) is 3.10. The summed E-state index contributed by atoms with van der Waals surface area (Å²) < 4.78 is 8.10. The lowest BCUT2D eigenvalue weighted by Gasteiger charge is -2.10. The number of ether oxygens (including phenoxy) is 1. The van der Waals surface area contributed by atoms with Crippen LogP contribution in [-0.2, 0) is 18.4 Å². The zero-order chi connectivity index (χ0) is 15.4. The quantitative estimate of drug-likeness (QED) is 0.797. The third kappa shape index (κ3) is 3.44. The van der Waals surface area contributed by atoms with Gasteiger partial charge in [0.25, 0.3) is 0 Å². The summed E-state index contributed by atoms with van der Waals surface area (Å²) >= 11 is 0. The summed E-state index contributed by atoms with van der Waals surface area (Å²) in [5.74, 6) is 0.300. The van der Waals surface area contributed by atoms with Gasteiger partial charge in [-0.25, -0.2) is 4.79 Å². The average Bonchev–Trinajstić information content (AvgIpc) is 2.78. The number of hydrogen-bond acceptors (Lipinski definition) is 4. The molecule has 1 aromatic carbocycles. The lowest BCUT2D eigenvalue weighted by Crippen LogP contribution is -2.24. The largest absolute Gasteiger partial charge is 0.494 e. The van der Waals surface area contributed by atoms with Gasteiger partial charge in [-0.05, 0) is 12.1 Å². The molecule has 1 amide bonds. The van der Waals surface area contributed by atoms with Crippen LogP contribution in [0.25, 0.3) is 0 Å². The molecule has 0 unspecified atom stereocenters. The molecule has 21 heavy (non-hydrogen) atoms. The number of nitrogens with one attached hydrogen (secondary N) is 1. The minimum atomic E-state index is -0.200. The molecule has 0 spiro atoms. The zero-order valence-corrected chi connectivity index (χ0v) is 12.0. The normalized spacial score (nSPS) is 10.4. The molecule has 0 aliphatic carbocycles. The van der Waals surface area contributed by atoms with Gasteiger partial charge in [0.2, 0.25) is 5.91 Å². The monoisotopic (exact) mass is 290 g/mol. The minimum absolute atomic E-state index is 0.145. The average molecular weight is 290 g/mol. The summed E-state index contributed by atoms with van der Waals surface area (Å²) in [5, 5.41) is 2.74. The van der Waals surface area contributed by atoms with Gasteiger partial charge >= 0.3 is 5.69 Å². The molecule has 2 aromatic rings. The molecule has 7 heteroatoms. The predicted octanol–water partition coefficient (Wildman–Crippen LogP) is 0.806. The highest BCUT2D eigenvalue weighted by molar-refractivity contribution is 5.92. The van der Waals surface area contributed by atoms with Gasteiger partial charge in [0, 0.05) is 44.2 Å². The van der Waals surface area contributed by atoms with Crippen molar-refractivity contribution in [2.75, 3.05) is 18.2 Å². The second kappa shape index (κ2) is 6.17. The second-order valence-corrected chi connectivity index (χ2v) is 4.64. The molecule has 2 rings (SSSR count). The number of nitrogens with zero attached hydrogens (tertiary/aromatic N) is 2. The summed E-state index contributed by atoms with van der Waals surface area (Å²) in [5.41, 5.74) is 6.62. The van der Waals surface area contributed by atoms with Gasteiger partial charge in [0.05, 0.1) is 12.8 Å². The maximum atomic E-state index is 11.9. The Bertz CT molecular complexity index is 702. The summed E-state index contributed by atoms with van der Waals surface area (Å²) in [6.07, 6.45) is 3.50. The lowest BCUT2D eigenvalue weighted by molar-refractivity contribution is -0.116. The molecule has 3 N–H and O–H groups in total. The van der Waals surface area contributed by atoms with Gasteiger partial charge in [0.1, 0.15) is 5.75 Å². The zero-order valence-electron chi connectivity index (χ0n) is 12.0. The van der Waals surface area contributed by atoms with E-state index in [0.717, 1.165) is 0 Å². The SMILES string of the molecule is COc1cc(N)ccc1NC(=O)CCn1ccn(C)c1=O. The first-order valence-electron chi connectivity index (χ1n) is 6.46. The molecule has 0 radical (unpaired) electrons. The van der Waals surface area contributed by atoms with E-state index >= 15 is 0 Å². The number of benzene rings is 1. The second-order valence-electron chi connectivity index (χ2n) is 4.64. The van der Waals surface area contributed by atoms with Crippen molar-refractivity contribution in [1.29, 1.82) is 0 Å². The molecular formula is C14H18N4O3. The van der Waals surface area contributed by atoms with Crippen molar-refractivity contribution in [1.82, 2.24) is 9.13 Å². The maximum absolute atomic E-state index is 11.9. The molecule has 0 saturated heterocycles. The van der Waals surface area contributed by atoms with E-state index in [1.54, 1.807) is 37.6 Å². The number of nitrogen functional groups attached to an aromatic ring is 1. The van der Waals surface area contributed by atoms with E-state index in [2.05, 4.69) is 5.32 Å². The van der Waals surface area contributed by atoms with Crippen LogP contribution in [0.2, 0.25) is 0 Å². The van der Waals surface area contributed by atoms with Crippen LogP contribution in [-0.4, -0.2) is 22.2 Å². The van der Waals surface area contributed by atoms with Crippen molar-refractivity contribution in [3.05, 3.63) is 41.1 Å². The van der Waals surface area contributed by atoms with Crippen molar-refractivity contribution in [3.8, 4) is 5.75 Å². The number of aromatic nitrogens is 2. The fraction of sp³-hybridized carbons (Fsp3) is 0.286. The molecule has 112 valence electrons. The molecule has 0 fully saturated rings. The van der Waals surface area contributed by atoms with E-state index in [0.29, 0.717) is 23.7 Å². The van der Waals surface area contributed by atoms with Crippen LogP contribution >= 0.6 is 0 Å². The first kappa shape index (κ1) is 14.7. The first-order valence-corrected chi connectivity index (χ1v) is 6.46. The van der Waals surface area contributed by atoms with Gasteiger partial charge in [-0.15, -0.1) is 0 Å². The third-order valence-corrected chi connectivity index (χ3v) is 3.10. The summed E-state index contributed by atoms with van der Waals surface area (Å²) in [4.78, 5) is 23.6. The van der Waals surface area contributed by atoms with Gasteiger partial charge in [0.15, 0.2) is 0 Å². The van der Waals surface area contributed by atoms with Gasteiger partial charge in [-0.2, -0.15) is 0 Å². The fourth-order valence-corrected chi connectivity index (χ4v) is 1.93. The molecule has 0 aliphatic heterocycles. The molecule has 1 heterocycles. The standard InChI is InChI=1S/C14H18N4O3/c1-17-7-8-18(14(17)20)6-5-13(19)16-11-4-3-10(15)9-12(11)21-2/h3-4,7-9H,5-6,15H2,1-2H3,(H,16,19). The fourth-order valence-electron chi connectivity index (χ4n) is 1.93. The van der Waals surface area contributed by atoms with Crippen LogP contribution in [0.1, 0.15) is 6.42 Å². The van der Waals surface area contributed by atoms with Gasteiger partial charge < -0.3 is 20.4 Å². The Labute approximate surface area is 121 Å². The molecular weight excluding hydrogens is 272 g/mol. The van der Waals surface area contributed by atoms with Crippen molar-refractivity contribution in [2.24, 2.45) is 7.05 Å². The van der Waals surface area contributed by atoms with E-state index in [1.165, 1.54) is 16.2 Å². The van der Waals surface area contributed by atoms with Crippen LogP contribution in [0.4, 0.5) is 11.4 Å². The van der Waals surface area contributed by atoms with E-state index in [4.69, 9.17) is 10.5 Å². The highest BCUT2D eigenvalue weighted by atomic mass is 16.5. The Morgan fingerprint density at radius 2 is 2.14 bits per heavy atom. The number of amides is 1. The summed E-state index contributed by atoms with van der Waals surface area (Å²) in [7, 11) is 3.17. The predicted molar refractivity (Wildman–Crippen MR) is 80.3 cm³/mol. The number of rotatable bonds is 5. The van der Waals surface area contributed by atoms with Gasteiger partial charge in [-0.3, -0.25) is 9.36 Å². The molecule has 0 bridgehead atoms. The van der Waals surface area contributed by atoms with Crippen LogP contribution in [0.15, 0.2) is 35.4 Å². The molecule has 7 nitrogen and oxygen atoms in total. The summed E-state index contributed by atoms with van der Waals surface area (Å²) in [6, 6.07) is 5.00. The van der Waals surface area contributed by atoms with Crippen LogP contribution in [0.3, 0.4) is 0 Å². The van der Waals surface area contributed by atoms with Gasteiger partial charge in [-0.1, -0.05) is 0 Å². The number of methoxy groups -OCH3 is 1. The minimum Gasteiger partial charge on any atom is -0.494 e. The Hall–Kier alpha value is -2.70. The number of carbonyl (C=O) groups is 1. The number of hydrogen-bond donors (Lipinski definition) is 2. The number of anilines is 2. The molecule has 1 aromatic heterocycles. The number of nitrogens with two attached hydrogens (primary N) is 1. The highest BCUT2D eigenvalue weighted by Gasteiger charge is 2.09. The van der Waals surface area contributed by atoms with Crippen molar-refractivity contribution < 1.29 is 9.53 Å². The number of carbonyl (C=O) groups excluding carboxylic acids is 1. The number of imidazole rings is 1. The van der Waals surface area contributed by atoms with Crippen LogP contribution < -0.4 is 21.5 Å². The van der Waals surface area contributed by atoms with E-state index < -0.39 is 0 Å². The Morgan fingerprint density at radius 1 is 1.38 bits per heavy atom. The van der Waals surface area contributed by atoms with Crippen molar-refractivity contribution >= 4 is 17.3 Å². The Kier molecular flexibility index (Phi) is 4.32. The van der Waals surface area contributed by atoms with E-state index in [-0.39, 0.29) is 18.0 Å². The molecule has 0 saturated carbocycles. The summed E-state index contributed by atoms with van der Waals surface area (Å²) in [6.45, 7) is 0.322. The van der Waals surface area contributed by atoms with Crippen LogP contribution in [0.5, 0.6) is 5.75 Å². The Morgan fingerprint density at radius 3 is 2.76 bits per heavy atom. The van der Waals surface area contributed by atoms with E-state index in [1.807, 2.05) is 0 Å². The first-order chi connectivity index (χ1) is 10.0. The highest BCUT2D eigenvalue weighted by Crippen LogP contribution is 2.26. The van der Waals surface area contributed by atoms with Crippen molar-refractivity contribution in [2.45, 2.75) is 13.0 Å². The Balaban J connectivity index is 1.99. The maximum Gasteiger partial charge on any atom is 0.327 e. The van der Waals surface area contributed by atoms with E-state index in [9.17, 15) is 9.59 Å².